The van der Waals surface area contributed by atoms with Crippen LogP contribution in [0.4, 0.5) is 5.69 Å². The zero-order valence-electron chi connectivity index (χ0n) is 16.0. The molecule has 2 rings (SSSR count). The van der Waals surface area contributed by atoms with Crippen molar-refractivity contribution >= 4 is 28.9 Å². The van der Waals surface area contributed by atoms with Crippen molar-refractivity contribution in [2.75, 3.05) is 51.3 Å². The standard InChI is InChI=1S/C19H30N4O2S/c1-14-11-15(2)18(16(3)12-14)22-17(24)13-21-19(26)20-5-4-6-23-7-9-25-10-8-23/h11-12H,4-10,13H2,1-3H3,(H,22,24)(H2,20,21,26). The van der Waals surface area contributed by atoms with Crippen molar-refractivity contribution in [3.8, 4) is 0 Å². The van der Waals surface area contributed by atoms with E-state index in [1.165, 1.54) is 5.56 Å². The van der Waals surface area contributed by atoms with Crippen molar-refractivity contribution in [2.45, 2.75) is 27.2 Å². The van der Waals surface area contributed by atoms with Gasteiger partial charge in [0.05, 0.1) is 19.8 Å². The average Bonchev–Trinajstić information content (AvgIpc) is 2.61. The second kappa shape index (κ2) is 10.4. The molecule has 1 aromatic rings. The first-order valence-electron chi connectivity index (χ1n) is 9.15. The number of nitrogens with one attached hydrogen (secondary N) is 3. The molecule has 1 heterocycles. The Labute approximate surface area is 161 Å². The molecule has 1 aliphatic heterocycles. The Morgan fingerprint density at radius 2 is 1.81 bits per heavy atom. The Hall–Kier alpha value is -1.70. The minimum Gasteiger partial charge on any atom is -0.379 e. The number of hydrogen-bond donors (Lipinski definition) is 3. The number of amides is 1. The number of ether oxygens (including phenoxy) is 1. The van der Waals surface area contributed by atoms with Gasteiger partial charge >= 0.3 is 0 Å². The molecule has 3 N–H and O–H groups in total. The Bertz CT molecular complexity index is 607. The third-order valence-corrected chi connectivity index (χ3v) is 4.68. The summed E-state index contributed by atoms with van der Waals surface area (Å²) < 4.78 is 5.34. The van der Waals surface area contributed by atoms with Gasteiger partial charge in [-0.1, -0.05) is 17.7 Å². The van der Waals surface area contributed by atoms with Crippen molar-refractivity contribution in [3.05, 3.63) is 28.8 Å². The van der Waals surface area contributed by atoms with Crippen LogP contribution >= 0.6 is 12.2 Å². The number of thiocarbonyl (C=S) groups is 1. The lowest BCUT2D eigenvalue weighted by Gasteiger charge is -2.26. The van der Waals surface area contributed by atoms with E-state index in [2.05, 4.69) is 39.9 Å². The van der Waals surface area contributed by atoms with Crippen molar-refractivity contribution in [1.82, 2.24) is 15.5 Å². The molecule has 0 radical (unpaired) electrons. The molecule has 1 aromatic carbocycles. The number of rotatable bonds is 7. The van der Waals surface area contributed by atoms with E-state index in [9.17, 15) is 4.79 Å². The second-order valence-corrected chi connectivity index (χ2v) is 7.15. The topological polar surface area (TPSA) is 65.6 Å². The van der Waals surface area contributed by atoms with Crippen LogP contribution in [-0.2, 0) is 9.53 Å². The quantitative estimate of drug-likeness (QED) is 0.496. The van der Waals surface area contributed by atoms with Crippen LogP contribution in [-0.4, -0.2) is 61.9 Å². The predicted octanol–water partition coefficient (Wildman–Crippen LogP) is 1.74. The van der Waals surface area contributed by atoms with Crippen LogP contribution in [0.1, 0.15) is 23.1 Å². The first-order chi connectivity index (χ1) is 12.5. The Morgan fingerprint density at radius 1 is 1.15 bits per heavy atom. The molecule has 1 saturated heterocycles. The van der Waals surface area contributed by atoms with Crippen LogP contribution in [0.3, 0.4) is 0 Å². The molecule has 6 nitrogen and oxygen atoms in total. The van der Waals surface area contributed by atoms with Gasteiger partial charge in [0.2, 0.25) is 5.91 Å². The van der Waals surface area contributed by atoms with Gasteiger partial charge in [-0.25, -0.2) is 0 Å². The number of hydrogen-bond acceptors (Lipinski definition) is 4. The average molecular weight is 379 g/mol. The smallest absolute Gasteiger partial charge is 0.243 e. The molecule has 7 heteroatoms. The SMILES string of the molecule is Cc1cc(C)c(NC(=O)CNC(=S)NCCCN2CCOCC2)c(C)c1. The lowest BCUT2D eigenvalue weighted by atomic mass is 10.1. The van der Waals surface area contributed by atoms with Gasteiger partial charge in [-0.2, -0.15) is 0 Å². The largest absolute Gasteiger partial charge is 0.379 e. The number of aryl methyl sites for hydroxylation is 3. The summed E-state index contributed by atoms with van der Waals surface area (Å²) in [5.74, 6) is -0.0995. The van der Waals surface area contributed by atoms with Crippen LogP contribution in [0.15, 0.2) is 12.1 Å². The molecule has 1 amide bonds. The van der Waals surface area contributed by atoms with Gasteiger partial charge in [0.1, 0.15) is 0 Å². The highest BCUT2D eigenvalue weighted by Gasteiger charge is 2.10. The van der Waals surface area contributed by atoms with Crippen molar-refractivity contribution in [1.29, 1.82) is 0 Å². The van der Waals surface area contributed by atoms with E-state index in [4.69, 9.17) is 17.0 Å². The number of nitrogens with zero attached hydrogens (tertiary/aromatic N) is 1. The molecule has 1 aliphatic rings. The normalized spacial score (nSPS) is 14.7. The van der Waals surface area contributed by atoms with Gasteiger partial charge in [0.25, 0.3) is 0 Å². The second-order valence-electron chi connectivity index (χ2n) is 6.74. The summed E-state index contributed by atoms with van der Waals surface area (Å²) in [6.45, 7) is 11.7. The summed E-state index contributed by atoms with van der Waals surface area (Å²) in [6, 6.07) is 4.13. The van der Waals surface area contributed by atoms with Gasteiger partial charge in [-0.3, -0.25) is 9.69 Å². The highest BCUT2D eigenvalue weighted by molar-refractivity contribution is 7.80. The Morgan fingerprint density at radius 3 is 2.46 bits per heavy atom. The molecule has 0 aromatic heterocycles. The molecular weight excluding hydrogens is 348 g/mol. The van der Waals surface area contributed by atoms with E-state index >= 15 is 0 Å². The molecular formula is C19H30N4O2S. The van der Waals surface area contributed by atoms with Crippen molar-refractivity contribution < 1.29 is 9.53 Å². The van der Waals surface area contributed by atoms with E-state index in [0.29, 0.717) is 5.11 Å². The lowest BCUT2D eigenvalue weighted by molar-refractivity contribution is -0.115. The summed E-state index contributed by atoms with van der Waals surface area (Å²) in [6.07, 6.45) is 1.01. The highest BCUT2D eigenvalue weighted by Crippen LogP contribution is 2.21. The van der Waals surface area contributed by atoms with Crippen LogP contribution in [0.5, 0.6) is 0 Å². The fourth-order valence-electron chi connectivity index (χ4n) is 3.11. The highest BCUT2D eigenvalue weighted by atomic mass is 32.1. The minimum atomic E-state index is -0.0995. The first kappa shape index (κ1) is 20.6. The molecule has 0 aliphatic carbocycles. The summed E-state index contributed by atoms with van der Waals surface area (Å²) >= 11 is 5.24. The summed E-state index contributed by atoms with van der Waals surface area (Å²) in [7, 11) is 0. The fraction of sp³-hybridized carbons (Fsp3) is 0.579. The maximum absolute atomic E-state index is 12.2. The molecule has 0 spiro atoms. The number of morpholine rings is 1. The van der Waals surface area contributed by atoms with Crippen LogP contribution in [0.25, 0.3) is 0 Å². The summed E-state index contributed by atoms with van der Waals surface area (Å²) in [4.78, 5) is 14.6. The molecule has 0 atom stereocenters. The van der Waals surface area contributed by atoms with Crippen LogP contribution in [0, 0.1) is 20.8 Å². The van der Waals surface area contributed by atoms with E-state index in [0.717, 1.165) is 62.6 Å². The van der Waals surface area contributed by atoms with Gasteiger partial charge in [0, 0.05) is 25.3 Å². The molecule has 0 saturated carbocycles. The fourth-order valence-corrected chi connectivity index (χ4v) is 3.29. The molecule has 0 unspecified atom stereocenters. The van der Waals surface area contributed by atoms with Crippen LogP contribution < -0.4 is 16.0 Å². The summed E-state index contributed by atoms with van der Waals surface area (Å²) in [5.41, 5.74) is 4.21. The number of anilines is 1. The molecule has 144 valence electrons. The molecule has 1 fully saturated rings. The van der Waals surface area contributed by atoms with E-state index in [1.807, 2.05) is 13.8 Å². The van der Waals surface area contributed by atoms with Gasteiger partial charge in [-0.15, -0.1) is 0 Å². The zero-order valence-corrected chi connectivity index (χ0v) is 16.8. The maximum atomic E-state index is 12.2. The number of carbonyl (C=O) groups is 1. The lowest BCUT2D eigenvalue weighted by Crippen LogP contribution is -2.41. The van der Waals surface area contributed by atoms with Crippen molar-refractivity contribution in [2.24, 2.45) is 0 Å². The molecule has 0 bridgehead atoms. The van der Waals surface area contributed by atoms with Crippen molar-refractivity contribution in [3.63, 3.8) is 0 Å². The van der Waals surface area contributed by atoms with Gasteiger partial charge in [0.15, 0.2) is 5.11 Å². The monoisotopic (exact) mass is 378 g/mol. The third kappa shape index (κ3) is 6.90. The Kier molecular flexibility index (Phi) is 8.28. The van der Waals surface area contributed by atoms with E-state index < -0.39 is 0 Å². The number of carbonyl (C=O) groups excluding carboxylic acids is 1. The minimum absolute atomic E-state index is 0.0995. The summed E-state index contributed by atoms with van der Waals surface area (Å²) in [5, 5.41) is 9.60. The maximum Gasteiger partial charge on any atom is 0.243 e. The third-order valence-electron chi connectivity index (χ3n) is 4.39. The van der Waals surface area contributed by atoms with Gasteiger partial charge < -0.3 is 20.7 Å². The first-order valence-corrected chi connectivity index (χ1v) is 9.56. The number of benzene rings is 1. The van der Waals surface area contributed by atoms with E-state index in [-0.39, 0.29) is 12.5 Å². The van der Waals surface area contributed by atoms with Gasteiger partial charge in [-0.05, 0) is 57.1 Å². The van der Waals surface area contributed by atoms with E-state index in [1.54, 1.807) is 0 Å². The van der Waals surface area contributed by atoms with Crippen LogP contribution in [0.2, 0.25) is 0 Å². The Balaban J connectivity index is 1.63. The predicted molar refractivity (Wildman–Crippen MR) is 110 cm³/mol. The molecule has 26 heavy (non-hydrogen) atoms. The zero-order chi connectivity index (χ0) is 18.9.